The van der Waals surface area contributed by atoms with Crippen molar-refractivity contribution in [2.45, 2.75) is 0 Å². The van der Waals surface area contributed by atoms with E-state index in [-0.39, 0.29) is 5.82 Å². The van der Waals surface area contributed by atoms with Gasteiger partial charge >= 0.3 is 0 Å². The van der Waals surface area contributed by atoms with Crippen molar-refractivity contribution in [3.05, 3.63) is 60.7 Å². The van der Waals surface area contributed by atoms with Gasteiger partial charge in [0, 0.05) is 11.6 Å². The van der Waals surface area contributed by atoms with Gasteiger partial charge in [-0.25, -0.2) is 9.37 Å². The average Bonchev–Trinajstić information content (AvgIpc) is 2.74. The minimum atomic E-state index is -0.325. The van der Waals surface area contributed by atoms with Crippen molar-refractivity contribution in [2.24, 2.45) is 0 Å². The van der Waals surface area contributed by atoms with Gasteiger partial charge in [-0.2, -0.15) is 0 Å². The Morgan fingerprint density at radius 3 is 2.94 bits per heavy atom. The molecule has 0 atom stereocenters. The molecule has 3 aromatic rings. The van der Waals surface area contributed by atoms with Crippen LogP contribution in [0.15, 0.2) is 48.8 Å². The predicted molar refractivity (Wildman–Crippen MR) is 59.9 cm³/mol. The Morgan fingerprint density at radius 1 is 1.19 bits per heavy atom. The first-order valence-electron chi connectivity index (χ1n) is 4.94. The van der Waals surface area contributed by atoms with Crippen LogP contribution in [0, 0.1) is 11.9 Å². The number of nitrogens with zero attached hydrogens (tertiary/aromatic N) is 2. The molecule has 0 aliphatic heterocycles. The molecule has 16 heavy (non-hydrogen) atoms. The number of hydrogen-bond acceptors (Lipinski definition) is 1. The largest absolute Gasteiger partial charge is 0.301 e. The van der Waals surface area contributed by atoms with Crippen molar-refractivity contribution in [3.63, 3.8) is 0 Å². The molecule has 0 bridgehead atoms. The van der Waals surface area contributed by atoms with E-state index < -0.39 is 0 Å². The van der Waals surface area contributed by atoms with Crippen LogP contribution in [-0.4, -0.2) is 9.55 Å². The van der Waals surface area contributed by atoms with Gasteiger partial charge in [0.25, 0.3) is 0 Å². The third kappa shape index (κ3) is 1.37. The zero-order chi connectivity index (χ0) is 11.0. The lowest BCUT2D eigenvalue weighted by molar-refractivity contribution is 0.620. The summed E-state index contributed by atoms with van der Waals surface area (Å²) >= 11 is 0. The molecule has 2 heterocycles. The lowest BCUT2D eigenvalue weighted by atomic mass is 10.2. The fourth-order valence-electron chi connectivity index (χ4n) is 1.73. The van der Waals surface area contributed by atoms with Crippen LogP contribution in [0.5, 0.6) is 0 Å². The van der Waals surface area contributed by atoms with Crippen molar-refractivity contribution in [3.8, 4) is 5.82 Å². The Labute approximate surface area is 92.0 Å². The van der Waals surface area contributed by atoms with Crippen LogP contribution in [0.1, 0.15) is 0 Å². The number of halogens is 1. The summed E-state index contributed by atoms with van der Waals surface area (Å²) < 4.78 is 14.7. The molecule has 0 fully saturated rings. The topological polar surface area (TPSA) is 17.8 Å². The quantitative estimate of drug-likeness (QED) is 0.605. The van der Waals surface area contributed by atoms with Crippen LogP contribution in [-0.2, 0) is 0 Å². The zero-order valence-corrected chi connectivity index (χ0v) is 8.39. The smallest absolute Gasteiger partial charge is 0.141 e. The number of pyridine rings is 1. The molecule has 2 aromatic heterocycles. The van der Waals surface area contributed by atoms with E-state index in [0.717, 1.165) is 10.9 Å². The molecule has 3 heteroatoms. The van der Waals surface area contributed by atoms with E-state index in [2.05, 4.69) is 11.1 Å². The maximum absolute atomic E-state index is 12.8. The van der Waals surface area contributed by atoms with Crippen molar-refractivity contribution in [1.82, 2.24) is 9.55 Å². The second-order valence-electron chi connectivity index (χ2n) is 3.51. The van der Waals surface area contributed by atoms with Crippen molar-refractivity contribution in [1.29, 1.82) is 0 Å². The molecule has 1 aromatic carbocycles. The monoisotopic (exact) mass is 211 g/mol. The highest BCUT2D eigenvalue weighted by molar-refractivity contribution is 5.81. The molecule has 3 rings (SSSR count). The van der Waals surface area contributed by atoms with Crippen LogP contribution in [0.25, 0.3) is 16.7 Å². The first-order valence-corrected chi connectivity index (χ1v) is 4.94. The fraction of sp³-hybridized carbons (Fsp3) is 0. The maximum atomic E-state index is 12.8. The molecule has 0 aliphatic carbocycles. The van der Waals surface area contributed by atoms with E-state index in [1.807, 2.05) is 35.0 Å². The summed E-state index contributed by atoms with van der Waals surface area (Å²) in [5, 5.41) is 1.09. The third-order valence-corrected chi connectivity index (χ3v) is 2.49. The second kappa shape index (κ2) is 3.45. The summed E-state index contributed by atoms with van der Waals surface area (Å²) in [5.41, 5.74) is 1.04. The van der Waals surface area contributed by atoms with Crippen molar-refractivity contribution in [2.75, 3.05) is 0 Å². The predicted octanol–water partition coefficient (Wildman–Crippen LogP) is 2.96. The lowest BCUT2D eigenvalue weighted by Gasteiger charge is -2.03. The number of benzene rings is 1. The van der Waals surface area contributed by atoms with Gasteiger partial charge in [0.05, 0.1) is 11.7 Å². The molecule has 0 saturated heterocycles. The second-order valence-corrected chi connectivity index (χ2v) is 3.51. The van der Waals surface area contributed by atoms with E-state index in [9.17, 15) is 4.39 Å². The zero-order valence-electron chi connectivity index (χ0n) is 8.39. The van der Waals surface area contributed by atoms with E-state index >= 15 is 0 Å². The highest BCUT2D eigenvalue weighted by Crippen LogP contribution is 2.18. The van der Waals surface area contributed by atoms with Gasteiger partial charge in [-0.3, -0.25) is 0 Å². The first kappa shape index (κ1) is 9.09. The molecule has 0 amide bonds. The van der Waals surface area contributed by atoms with Gasteiger partial charge in [0.1, 0.15) is 11.6 Å². The van der Waals surface area contributed by atoms with Gasteiger partial charge in [-0.1, -0.05) is 6.07 Å². The van der Waals surface area contributed by atoms with Crippen molar-refractivity contribution < 1.29 is 4.39 Å². The van der Waals surface area contributed by atoms with Crippen LogP contribution < -0.4 is 0 Å². The standard InChI is InChI=1S/C13H8FN2/c14-11-5-6-13(15-9-11)16-8-7-10-3-1-2-4-12(10)16/h2-9H. The minimum absolute atomic E-state index is 0.325. The number of rotatable bonds is 1. The number of hydrogen-bond donors (Lipinski definition) is 0. The molecule has 77 valence electrons. The Kier molecular flexibility index (Phi) is 1.96. The molecule has 0 N–H and O–H groups in total. The third-order valence-electron chi connectivity index (χ3n) is 2.49. The lowest BCUT2D eigenvalue weighted by Crippen LogP contribution is -1.95. The summed E-state index contributed by atoms with van der Waals surface area (Å²) in [5.74, 6) is 0.385. The SMILES string of the molecule is Fc1ccc(-n2ccc3c[c]ccc32)nc1. The summed E-state index contributed by atoms with van der Waals surface area (Å²) in [6.45, 7) is 0. The molecule has 1 radical (unpaired) electrons. The Bertz CT molecular complexity index is 626. The summed E-state index contributed by atoms with van der Waals surface area (Å²) in [6.07, 6.45) is 3.13. The van der Waals surface area contributed by atoms with E-state index in [1.165, 1.54) is 12.3 Å². The summed E-state index contributed by atoms with van der Waals surface area (Å²) in [6, 6.07) is 13.8. The summed E-state index contributed by atoms with van der Waals surface area (Å²) in [7, 11) is 0. The molecule has 0 spiro atoms. The Balaban J connectivity index is 2.22. The summed E-state index contributed by atoms with van der Waals surface area (Å²) in [4.78, 5) is 4.05. The first-order chi connectivity index (χ1) is 7.84. The van der Waals surface area contributed by atoms with Crippen LogP contribution in [0.4, 0.5) is 4.39 Å². The highest BCUT2D eigenvalue weighted by atomic mass is 19.1. The molecular formula is C13H8FN2. The maximum Gasteiger partial charge on any atom is 0.141 e. The molecule has 0 unspecified atom stereocenters. The van der Waals surface area contributed by atoms with Gasteiger partial charge in [0.15, 0.2) is 0 Å². The van der Waals surface area contributed by atoms with Crippen LogP contribution >= 0.6 is 0 Å². The molecule has 0 saturated carbocycles. The molecule has 2 nitrogen and oxygen atoms in total. The average molecular weight is 211 g/mol. The van der Waals surface area contributed by atoms with Gasteiger partial charge in [0.2, 0.25) is 0 Å². The van der Waals surface area contributed by atoms with Gasteiger partial charge in [-0.05, 0) is 36.4 Å². The van der Waals surface area contributed by atoms with Crippen LogP contribution in [0.3, 0.4) is 0 Å². The van der Waals surface area contributed by atoms with Gasteiger partial charge < -0.3 is 4.57 Å². The molecule has 0 aliphatic rings. The van der Waals surface area contributed by atoms with E-state index in [1.54, 1.807) is 6.07 Å². The number of aromatic nitrogens is 2. The normalized spacial score (nSPS) is 10.8. The minimum Gasteiger partial charge on any atom is -0.301 e. The molecular weight excluding hydrogens is 203 g/mol. The highest BCUT2D eigenvalue weighted by Gasteiger charge is 2.03. The Hall–Kier alpha value is -2.16. The van der Waals surface area contributed by atoms with E-state index in [4.69, 9.17) is 0 Å². The van der Waals surface area contributed by atoms with Crippen molar-refractivity contribution >= 4 is 10.9 Å². The van der Waals surface area contributed by atoms with E-state index in [0.29, 0.717) is 5.82 Å². The fourth-order valence-corrected chi connectivity index (χ4v) is 1.73. The van der Waals surface area contributed by atoms with Crippen LogP contribution in [0.2, 0.25) is 0 Å². The number of fused-ring (bicyclic) bond motifs is 1. The Morgan fingerprint density at radius 2 is 2.12 bits per heavy atom. The van der Waals surface area contributed by atoms with Gasteiger partial charge in [-0.15, -0.1) is 0 Å².